The molecule has 104 valence electrons. The van der Waals surface area contributed by atoms with Gasteiger partial charge in [0.1, 0.15) is 5.75 Å². The third-order valence-corrected chi connectivity index (χ3v) is 3.85. The van der Waals surface area contributed by atoms with Crippen molar-refractivity contribution in [2.24, 2.45) is 5.92 Å². The second-order valence-corrected chi connectivity index (χ2v) is 5.36. The van der Waals surface area contributed by atoms with Crippen LogP contribution in [0.25, 0.3) is 0 Å². The minimum absolute atomic E-state index is 0.377. The standard InChI is InChI=1S/C17H20N2O/c1-13-12-20-16-5-3-2-4-15(16)17(13)19-11-8-14-6-9-18-10-7-14/h2-7,9-10,13,17,19H,8,11-12H2,1H3. The molecule has 2 aromatic rings. The van der Waals surface area contributed by atoms with Gasteiger partial charge in [-0.1, -0.05) is 25.1 Å². The Morgan fingerprint density at radius 2 is 2.00 bits per heavy atom. The van der Waals surface area contributed by atoms with E-state index >= 15 is 0 Å². The molecule has 1 aliphatic heterocycles. The number of aromatic nitrogens is 1. The number of nitrogens with one attached hydrogen (secondary N) is 1. The van der Waals surface area contributed by atoms with Crippen LogP contribution in [0.5, 0.6) is 5.75 Å². The summed E-state index contributed by atoms with van der Waals surface area (Å²) in [6.45, 7) is 3.98. The Labute approximate surface area is 120 Å². The summed E-state index contributed by atoms with van der Waals surface area (Å²) in [7, 11) is 0. The molecular weight excluding hydrogens is 248 g/mol. The average Bonchev–Trinajstić information content (AvgIpc) is 2.50. The second kappa shape index (κ2) is 6.06. The van der Waals surface area contributed by atoms with Gasteiger partial charge in [0, 0.05) is 29.9 Å². The van der Waals surface area contributed by atoms with Gasteiger partial charge < -0.3 is 10.1 Å². The molecule has 2 heterocycles. The van der Waals surface area contributed by atoms with E-state index in [1.54, 1.807) is 0 Å². The number of pyridine rings is 1. The minimum atomic E-state index is 0.377. The third kappa shape index (κ3) is 2.83. The molecule has 3 heteroatoms. The first kappa shape index (κ1) is 13.1. The lowest BCUT2D eigenvalue weighted by Gasteiger charge is -2.32. The van der Waals surface area contributed by atoms with Crippen molar-refractivity contribution in [3.05, 3.63) is 59.9 Å². The van der Waals surface area contributed by atoms with E-state index in [-0.39, 0.29) is 0 Å². The summed E-state index contributed by atoms with van der Waals surface area (Å²) in [5, 5.41) is 3.68. The fourth-order valence-electron chi connectivity index (χ4n) is 2.73. The molecule has 0 saturated carbocycles. The molecule has 0 aliphatic carbocycles. The molecule has 0 saturated heterocycles. The number of hydrogen-bond acceptors (Lipinski definition) is 3. The summed E-state index contributed by atoms with van der Waals surface area (Å²) in [6.07, 6.45) is 4.72. The Morgan fingerprint density at radius 3 is 2.85 bits per heavy atom. The van der Waals surface area contributed by atoms with Crippen molar-refractivity contribution < 1.29 is 4.74 Å². The van der Waals surface area contributed by atoms with Crippen LogP contribution in [0.1, 0.15) is 24.1 Å². The summed E-state index contributed by atoms with van der Waals surface area (Å²) in [6, 6.07) is 12.8. The van der Waals surface area contributed by atoms with Crippen molar-refractivity contribution in [3.63, 3.8) is 0 Å². The van der Waals surface area contributed by atoms with Crippen molar-refractivity contribution in [1.82, 2.24) is 10.3 Å². The zero-order chi connectivity index (χ0) is 13.8. The topological polar surface area (TPSA) is 34.1 Å². The van der Waals surface area contributed by atoms with Gasteiger partial charge in [0.2, 0.25) is 0 Å². The van der Waals surface area contributed by atoms with Crippen LogP contribution in [-0.2, 0) is 6.42 Å². The first-order chi connectivity index (χ1) is 9.84. The average molecular weight is 268 g/mol. The highest BCUT2D eigenvalue weighted by atomic mass is 16.5. The van der Waals surface area contributed by atoms with E-state index in [1.165, 1.54) is 11.1 Å². The number of fused-ring (bicyclic) bond motifs is 1. The minimum Gasteiger partial charge on any atom is -0.493 e. The Kier molecular flexibility index (Phi) is 3.97. The summed E-state index contributed by atoms with van der Waals surface area (Å²) < 4.78 is 5.78. The largest absolute Gasteiger partial charge is 0.493 e. The maximum atomic E-state index is 5.78. The maximum Gasteiger partial charge on any atom is 0.124 e. The van der Waals surface area contributed by atoms with E-state index in [0.717, 1.165) is 25.3 Å². The van der Waals surface area contributed by atoms with Crippen molar-refractivity contribution in [1.29, 1.82) is 0 Å². The van der Waals surface area contributed by atoms with Crippen molar-refractivity contribution in [3.8, 4) is 5.75 Å². The zero-order valence-electron chi connectivity index (χ0n) is 11.8. The van der Waals surface area contributed by atoms with Gasteiger partial charge in [-0.05, 0) is 36.7 Å². The predicted molar refractivity (Wildman–Crippen MR) is 79.8 cm³/mol. The van der Waals surface area contributed by atoms with Gasteiger partial charge in [0.25, 0.3) is 0 Å². The van der Waals surface area contributed by atoms with E-state index in [2.05, 4.69) is 47.6 Å². The Hall–Kier alpha value is -1.87. The Morgan fingerprint density at radius 1 is 1.20 bits per heavy atom. The highest BCUT2D eigenvalue weighted by molar-refractivity contribution is 5.37. The van der Waals surface area contributed by atoms with Crippen molar-refractivity contribution >= 4 is 0 Å². The van der Waals surface area contributed by atoms with Crippen LogP contribution in [-0.4, -0.2) is 18.1 Å². The number of benzene rings is 1. The molecule has 1 aliphatic rings. The van der Waals surface area contributed by atoms with Crippen LogP contribution in [0.3, 0.4) is 0 Å². The monoisotopic (exact) mass is 268 g/mol. The van der Waals surface area contributed by atoms with Gasteiger partial charge in [-0.2, -0.15) is 0 Å². The lowest BCUT2D eigenvalue weighted by molar-refractivity contribution is 0.189. The SMILES string of the molecule is CC1COc2ccccc2C1NCCc1ccncc1. The van der Waals surface area contributed by atoms with Crippen LogP contribution < -0.4 is 10.1 Å². The van der Waals surface area contributed by atoms with E-state index in [0.29, 0.717) is 12.0 Å². The maximum absolute atomic E-state index is 5.78. The molecule has 0 amide bonds. The smallest absolute Gasteiger partial charge is 0.124 e. The van der Waals surface area contributed by atoms with Gasteiger partial charge >= 0.3 is 0 Å². The Balaban J connectivity index is 1.65. The predicted octanol–water partition coefficient (Wildman–Crippen LogP) is 2.98. The Bertz CT molecular complexity index is 556. The van der Waals surface area contributed by atoms with E-state index in [4.69, 9.17) is 4.74 Å². The molecule has 0 spiro atoms. The van der Waals surface area contributed by atoms with Gasteiger partial charge in [-0.15, -0.1) is 0 Å². The molecule has 3 nitrogen and oxygen atoms in total. The molecule has 1 N–H and O–H groups in total. The molecule has 1 aromatic carbocycles. The molecule has 0 radical (unpaired) electrons. The first-order valence-electron chi connectivity index (χ1n) is 7.18. The molecular formula is C17H20N2O. The first-order valence-corrected chi connectivity index (χ1v) is 7.18. The summed E-state index contributed by atoms with van der Waals surface area (Å²) in [5.41, 5.74) is 2.60. The highest BCUT2D eigenvalue weighted by Gasteiger charge is 2.26. The van der Waals surface area contributed by atoms with Crippen LogP contribution in [0.2, 0.25) is 0 Å². The lowest BCUT2D eigenvalue weighted by atomic mass is 9.92. The molecule has 2 unspecified atom stereocenters. The molecule has 2 atom stereocenters. The molecule has 1 aromatic heterocycles. The number of nitrogens with zero attached hydrogens (tertiary/aromatic N) is 1. The zero-order valence-corrected chi connectivity index (χ0v) is 11.8. The summed E-state index contributed by atoms with van der Waals surface area (Å²) in [5.74, 6) is 1.51. The molecule has 3 rings (SSSR count). The van der Waals surface area contributed by atoms with Gasteiger partial charge in [0.05, 0.1) is 6.61 Å². The van der Waals surface area contributed by atoms with E-state index in [1.807, 2.05) is 18.5 Å². The number of para-hydroxylation sites is 1. The molecule has 0 bridgehead atoms. The molecule has 20 heavy (non-hydrogen) atoms. The van der Waals surface area contributed by atoms with Crippen LogP contribution in [0.15, 0.2) is 48.8 Å². The highest BCUT2D eigenvalue weighted by Crippen LogP contribution is 2.34. The second-order valence-electron chi connectivity index (χ2n) is 5.36. The lowest BCUT2D eigenvalue weighted by Crippen LogP contribution is -2.35. The quantitative estimate of drug-likeness (QED) is 0.925. The van der Waals surface area contributed by atoms with Crippen molar-refractivity contribution in [2.45, 2.75) is 19.4 Å². The third-order valence-electron chi connectivity index (χ3n) is 3.85. The van der Waals surface area contributed by atoms with Crippen LogP contribution in [0.4, 0.5) is 0 Å². The van der Waals surface area contributed by atoms with Crippen molar-refractivity contribution in [2.75, 3.05) is 13.2 Å². The van der Waals surface area contributed by atoms with Crippen LogP contribution >= 0.6 is 0 Å². The normalized spacial score (nSPS) is 21.1. The van der Waals surface area contributed by atoms with E-state index < -0.39 is 0 Å². The van der Waals surface area contributed by atoms with Gasteiger partial charge in [0.15, 0.2) is 0 Å². The fourth-order valence-corrected chi connectivity index (χ4v) is 2.73. The van der Waals surface area contributed by atoms with Gasteiger partial charge in [-0.3, -0.25) is 4.98 Å². The van der Waals surface area contributed by atoms with Crippen LogP contribution in [0, 0.1) is 5.92 Å². The number of ether oxygens (including phenoxy) is 1. The fraction of sp³-hybridized carbons (Fsp3) is 0.353. The summed E-state index contributed by atoms with van der Waals surface area (Å²) in [4.78, 5) is 4.05. The number of rotatable bonds is 4. The summed E-state index contributed by atoms with van der Waals surface area (Å²) >= 11 is 0. The molecule has 0 fully saturated rings. The van der Waals surface area contributed by atoms with Gasteiger partial charge in [-0.25, -0.2) is 0 Å². The van der Waals surface area contributed by atoms with E-state index in [9.17, 15) is 0 Å². The number of hydrogen-bond donors (Lipinski definition) is 1.